The zero-order valence-corrected chi connectivity index (χ0v) is 17.8. The molecular formula is C21H24IN5O. The number of benzene rings is 2. The van der Waals surface area contributed by atoms with Crippen LogP contribution in [0.25, 0.3) is 0 Å². The van der Waals surface area contributed by atoms with Gasteiger partial charge in [-0.1, -0.05) is 42.5 Å². The summed E-state index contributed by atoms with van der Waals surface area (Å²) >= 11 is 0. The van der Waals surface area contributed by atoms with Gasteiger partial charge in [0, 0.05) is 30.9 Å². The first-order chi connectivity index (χ1) is 13.3. The van der Waals surface area contributed by atoms with Crippen LogP contribution in [0.15, 0.2) is 72.2 Å². The van der Waals surface area contributed by atoms with Crippen LogP contribution in [0.2, 0.25) is 0 Å². The van der Waals surface area contributed by atoms with Gasteiger partial charge in [-0.25, -0.2) is 9.98 Å². The predicted molar refractivity (Wildman–Crippen MR) is 121 cm³/mol. The molecule has 1 atom stereocenters. The number of hydrogen-bond donors (Lipinski definition) is 2. The molecule has 6 nitrogen and oxygen atoms in total. The summed E-state index contributed by atoms with van der Waals surface area (Å²) in [5.74, 6) is 1.37. The van der Waals surface area contributed by atoms with Gasteiger partial charge in [0.15, 0.2) is 5.96 Å². The smallest absolute Gasteiger partial charge is 0.189 e. The average molecular weight is 489 g/mol. The number of aromatic nitrogens is 2. The zero-order valence-electron chi connectivity index (χ0n) is 15.5. The summed E-state index contributed by atoms with van der Waals surface area (Å²) < 4.78 is 7.74. The lowest BCUT2D eigenvalue weighted by Gasteiger charge is -2.26. The maximum Gasteiger partial charge on any atom is 0.189 e. The Bertz CT molecular complexity index is 926. The topological polar surface area (TPSA) is 77.5 Å². The van der Waals surface area contributed by atoms with Crippen LogP contribution >= 0.6 is 24.0 Å². The third-order valence-electron chi connectivity index (χ3n) is 4.63. The first kappa shape index (κ1) is 20.2. The Balaban J connectivity index is 0.00000225. The molecule has 1 aromatic heterocycles. The van der Waals surface area contributed by atoms with E-state index in [0.29, 0.717) is 19.1 Å². The normalized spacial score (nSPS) is 15.9. The average Bonchev–Trinajstić information content (AvgIpc) is 3.20. The van der Waals surface area contributed by atoms with Crippen molar-refractivity contribution in [3.05, 3.63) is 83.9 Å². The molecule has 1 aliphatic rings. The van der Waals surface area contributed by atoms with Gasteiger partial charge in [-0.2, -0.15) is 0 Å². The van der Waals surface area contributed by atoms with Gasteiger partial charge in [-0.3, -0.25) is 0 Å². The minimum atomic E-state index is 0. The molecule has 4 rings (SSSR count). The Morgan fingerprint density at radius 2 is 2.07 bits per heavy atom. The summed E-state index contributed by atoms with van der Waals surface area (Å²) in [6.07, 6.45) is 6.43. The highest BCUT2D eigenvalue weighted by Gasteiger charge is 2.21. The molecule has 0 saturated carbocycles. The fourth-order valence-corrected chi connectivity index (χ4v) is 3.31. The van der Waals surface area contributed by atoms with E-state index in [2.05, 4.69) is 45.6 Å². The van der Waals surface area contributed by atoms with Gasteiger partial charge in [0.2, 0.25) is 0 Å². The SMILES string of the molecule is I.NC(=NCc1cccc(Cn2ccnc2)c1)NC1CCOc2ccccc21. The summed E-state index contributed by atoms with van der Waals surface area (Å²) in [6, 6.07) is 16.6. The highest BCUT2D eigenvalue weighted by atomic mass is 127. The van der Waals surface area contributed by atoms with Gasteiger partial charge >= 0.3 is 0 Å². The van der Waals surface area contributed by atoms with Crippen molar-refractivity contribution in [2.24, 2.45) is 10.7 Å². The van der Waals surface area contributed by atoms with Gasteiger partial charge < -0.3 is 20.4 Å². The van der Waals surface area contributed by atoms with E-state index in [9.17, 15) is 0 Å². The van der Waals surface area contributed by atoms with Crippen molar-refractivity contribution in [3.8, 4) is 5.75 Å². The second-order valence-corrected chi connectivity index (χ2v) is 6.63. The number of guanidine groups is 1. The second kappa shape index (κ2) is 9.59. The Morgan fingerprint density at radius 3 is 2.93 bits per heavy atom. The van der Waals surface area contributed by atoms with E-state index in [-0.39, 0.29) is 30.0 Å². The van der Waals surface area contributed by atoms with E-state index in [1.54, 1.807) is 6.20 Å². The molecule has 2 heterocycles. The maximum atomic E-state index is 6.14. The lowest BCUT2D eigenvalue weighted by atomic mass is 10.0. The van der Waals surface area contributed by atoms with E-state index in [1.165, 1.54) is 5.56 Å². The second-order valence-electron chi connectivity index (χ2n) is 6.63. The fourth-order valence-electron chi connectivity index (χ4n) is 3.31. The van der Waals surface area contributed by atoms with Crippen LogP contribution in [-0.4, -0.2) is 22.1 Å². The quantitative estimate of drug-likeness (QED) is 0.327. The summed E-state index contributed by atoms with van der Waals surface area (Å²) in [4.78, 5) is 8.60. The molecule has 0 aliphatic carbocycles. The molecule has 2 aromatic carbocycles. The fraction of sp³-hybridized carbons (Fsp3) is 0.238. The Labute approximate surface area is 181 Å². The number of para-hydroxylation sites is 1. The van der Waals surface area contributed by atoms with Crippen molar-refractivity contribution >= 4 is 29.9 Å². The molecule has 3 N–H and O–H groups in total. The molecule has 0 bridgehead atoms. The van der Waals surface area contributed by atoms with Crippen molar-refractivity contribution < 1.29 is 4.74 Å². The predicted octanol–water partition coefficient (Wildman–Crippen LogP) is 3.48. The molecule has 1 unspecified atom stereocenters. The third-order valence-corrected chi connectivity index (χ3v) is 4.63. The van der Waals surface area contributed by atoms with Crippen molar-refractivity contribution in [1.29, 1.82) is 0 Å². The van der Waals surface area contributed by atoms with E-state index in [1.807, 2.05) is 35.3 Å². The number of nitrogens with two attached hydrogens (primary N) is 1. The first-order valence-electron chi connectivity index (χ1n) is 9.10. The minimum absolute atomic E-state index is 0. The summed E-state index contributed by atoms with van der Waals surface area (Å²) in [5.41, 5.74) is 9.61. The molecule has 0 spiro atoms. The molecule has 1 aliphatic heterocycles. The van der Waals surface area contributed by atoms with Gasteiger partial charge in [0.25, 0.3) is 0 Å². The van der Waals surface area contributed by atoms with Crippen molar-refractivity contribution in [2.75, 3.05) is 6.61 Å². The van der Waals surface area contributed by atoms with Gasteiger partial charge in [0.1, 0.15) is 5.75 Å². The number of ether oxygens (including phenoxy) is 1. The van der Waals surface area contributed by atoms with Crippen LogP contribution in [0.3, 0.4) is 0 Å². The molecule has 146 valence electrons. The number of nitrogens with zero attached hydrogens (tertiary/aromatic N) is 3. The van der Waals surface area contributed by atoms with E-state index in [4.69, 9.17) is 10.5 Å². The third kappa shape index (κ3) is 5.03. The molecule has 0 radical (unpaired) electrons. The molecule has 0 saturated heterocycles. The number of nitrogens with one attached hydrogen (secondary N) is 1. The van der Waals surface area contributed by atoms with Gasteiger partial charge in [-0.05, 0) is 17.2 Å². The monoisotopic (exact) mass is 489 g/mol. The van der Waals surface area contributed by atoms with Gasteiger partial charge in [-0.15, -0.1) is 24.0 Å². The van der Waals surface area contributed by atoms with Crippen molar-refractivity contribution in [1.82, 2.24) is 14.9 Å². The molecule has 3 aromatic rings. The summed E-state index contributed by atoms with van der Waals surface area (Å²) in [5, 5.41) is 3.33. The van der Waals surface area contributed by atoms with Crippen LogP contribution in [0.5, 0.6) is 5.75 Å². The summed E-state index contributed by atoms with van der Waals surface area (Å²) in [6.45, 7) is 2.02. The number of halogens is 1. The Hall–Kier alpha value is -2.55. The number of rotatable bonds is 5. The van der Waals surface area contributed by atoms with Crippen LogP contribution in [0.4, 0.5) is 0 Å². The number of imidazole rings is 1. The van der Waals surface area contributed by atoms with Crippen molar-refractivity contribution in [2.45, 2.75) is 25.6 Å². The molecular weight excluding hydrogens is 465 g/mol. The highest BCUT2D eigenvalue weighted by molar-refractivity contribution is 14.0. The zero-order chi connectivity index (χ0) is 18.5. The maximum absolute atomic E-state index is 6.14. The standard InChI is InChI=1S/C21H23N5O.HI/c22-21(25-19-8-11-27-20-7-2-1-6-18(19)20)24-13-16-4-3-5-17(12-16)14-26-10-9-23-15-26;/h1-7,9-10,12,15,19H,8,11,13-14H2,(H3,22,24,25);1H. The molecule has 0 fully saturated rings. The highest BCUT2D eigenvalue weighted by Crippen LogP contribution is 2.31. The van der Waals surface area contributed by atoms with E-state index < -0.39 is 0 Å². The van der Waals surface area contributed by atoms with Crippen LogP contribution < -0.4 is 15.8 Å². The van der Waals surface area contributed by atoms with Gasteiger partial charge in [0.05, 0.1) is 25.5 Å². The number of fused-ring (bicyclic) bond motifs is 1. The van der Waals surface area contributed by atoms with E-state index in [0.717, 1.165) is 29.8 Å². The van der Waals surface area contributed by atoms with Crippen LogP contribution in [0, 0.1) is 0 Å². The minimum Gasteiger partial charge on any atom is -0.493 e. The molecule has 0 amide bonds. The van der Waals surface area contributed by atoms with Crippen LogP contribution in [0.1, 0.15) is 29.2 Å². The van der Waals surface area contributed by atoms with E-state index >= 15 is 0 Å². The molecule has 7 heteroatoms. The Kier molecular flexibility index (Phi) is 6.91. The van der Waals surface area contributed by atoms with Crippen molar-refractivity contribution in [3.63, 3.8) is 0 Å². The number of aliphatic imine (C=N–C) groups is 1. The number of hydrogen-bond acceptors (Lipinski definition) is 3. The Morgan fingerprint density at radius 1 is 1.21 bits per heavy atom. The lowest BCUT2D eigenvalue weighted by molar-refractivity contribution is 0.262. The lowest BCUT2D eigenvalue weighted by Crippen LogP contribution is -2.37. The largest absolute Gasteiger partial charge is 0.493 e. The van der Waals surface area contributed by atoms with Crippen LogP contribution in [-0.2, 0) is 13.1 Å². The summed E-state index contributed by atoms with van der Waals surface area (Å²) in [7, 11) is 0. The first-order valence-corrected chi connectivity index (χ1v) is 9.10. The molecule has 28 heavy (non-hydrogen) atoms.